The van der Waals surface area contributed by atoms with Crippen molar-refractivity contribution < 1.29 is 32.6 Å². The lowest BCUT2D eigenvalue weighted by atomic mass is 10.0. The summed E-state index contributed by atoms with van der Waals surface area (Å²) < 4.78 is 44.4. The van der Waals surface area contributed by atoms with E-state index in [1.54, 1.807) is 0 Å². The Labute approximate surface area is 170 Å². The summed E-state index contributed by atoms with van der Waals surface area (Å²) in [5, 5.41) is 11.4. The number of nitrogens with two attached hydrogens (primary N) is 1. The predicted molar refractivity (Wildman–Crippen MR) is 101 cm³/mol. The third-order valence-electron chi connectivity index (χ3n) is 4.06. The third kappa shape index (κ3) is 5.71. The van der Waals surface area contributed by atoms with Crippen molar-refractivity contribution in [2.75, 3.05) is 0 Å². The average molecular weight is 421 g/mol. The number of aromatic nitrogens is 1. The van der Waals surface area contributed by atoms with Crippen LogP contribution in [0, 0.1) is 18.3 Å². The van der Waals surface area contributed by atoms with E-state index in [9.17, 15) is 22.8 Å². The number of carbonyl (C=O) groups is 2. The van der Waals surface area contributed by atoms with E-state index in [2.05, 4.69) is 16.2 Å². The number of hydrogen-bond donors (Lipinski definition) is 3. The van der Waals surface area contributed by atoms with Gasteiger partial charge in [0, 0.05) is 18.2 Å². The molecule has 0 aliphatic heterocycles. The number of ether oxygens (including phenoxy) is 1. The Hall–Kier alpha value is -3.58. The highest BCUT2D eigenvalue weighted by Gasteiger charge is 2.33. The van der Waals surface area contributed by atoms with Crippen LogP contribution in [0.2, 0.25) is 0 Å². The molecule has 1 aromatic carbocycles. The van der Waals surface area contributed by atoms with Gasteiger partial charge in [-0.25, -0.2) is 4.98 Å². The van der Waals surface area contributed by atoms with Crippen LogP contribution in [-0.4, -0.2) is 28.0 Å². The van der Waals surface area contributed by atoms with Gasteiger partial charge in [-0.2, -0.15) is 13.2 Å². The number of carbonyl (C=O) groups excluding carboxylic acids is 1. The molecule has 0 saturated carbocycles. The molecule has 0 radical (unpaired) electrons. The quantitative estimate of drug-likeness (QED) is 0.593. The van der Waals surface area contributed by atoms with Gasteiger partial charge in [-0.1, -0.05) is 12.0 Å². The Bertz CT molecular complexity index is 986. The molecule has 0 fully saturated rings. The normalized spacial score (nSPS) is 13.1. The first-order valence-electron chi connectivity index (χ1n) is 8.61. The molecule has 0 saturated heterocycles. The standard InChI is InChI=1S/C20H18F3N3O4/c1-3-15(11(2)19(28)29)25-18(27)13-5-4-6-14(9-13)30-17-8-12(10-24)7-16(26-17)20(21,22)23/h1,4-9,11,15H,10,24H2,2H3,(H,25,27)(H,28,29). The van der Waals surface area contributed by atoms with Crippen molar-refractivity contribution in [3.8, 4) is 24.0 Å². The van der Waals surface area contributed by atoms with Crippen molar-refractivity contribution in [2.24, 2.45) is 11.7 Å². The minimum Gasteiger partial charge on any atom is -0.481 e. The lowest BCUT2D eigenvalue weighted by Crippen LogP contribution is -2.41. The van der Waals surface area contributed by atoms with Crippen LogP contribution in [0.15, 0.2) is 36.4 Å². The number of nitrogens with one attached hydrogen (secondary N) is 1. The number of rotatable bonds is 7. The number of carboxylic acids is 1. The molecule has 1 heterocycles. The van der Waals surface area contributed by atoms with Gasteiger partial charge in [-0.15, -0.1) is 6.42 Å². The fraction of sp³-hybridized carbons (Fsp3) is 0.250. The van der Waals surface area contributed by atoms with E-state index < -0.39 is 35.7 Å². The zero-order valence-corrected chi connectivity index (χ0v) is 15.7. The average Bonchev–Trinajstić information content (AvgIpc) is 2.70. The molecule has 4 N–H and O–H groups in total. The molecule has 0 aliphatic carbocycles. The molecule has 158 valence electrons. The number of terminal acetylenes is 1. The van der Waals surface area contributed by atoms with Gasteiger partial charge in [-0.05, 0) is 36.8 Å². The van der Waals surface area contributed by atoms with E-state index in [-0.39, 0.29) is 29.3 Å². The van der Waals surface area contributed by atoms with Crippen molar-refractivity contribution in [2.45, 2.75) is 25.7 Å². The fourth-order valence-corrected chi connectivity index (χ4v) is 2.37. The summed E-state index contributed by atoms with van der Waals surface area (Å²) in [5.41, 5.74) is 4.51. The Morgan fingerprint density at radius 3 is 2.60 bits per heavy atom. The first-order valence-corrected chi connectivity index (χ1v) is 8.61. The van der Waals surface area contributed by atoms with Gasteiger partial charge in [0.15, 0.2) is 0 Å². The lowest BCUT2D eigenvalue weighted by molar-refractivity contribution is -0.142. The predicted octanol–water partition coefficient (Wildman–Crippen LogP) is 2.80. The lowest BCUT2D eigenvalue weighted by Gasteiger charge is -2.17. The smallest absolute Gasteiger partial charge is 0.433 e. The molecule has 7 nitrogen and oxygen atoms in total. The molecule has 1 aromatic heterocycles. The summed E-state index contributed by atoms with van der Waals surface area (Å²) in [4.78, 5) is 26.9. The maximum absolute atomic E-state index is 13.0. The number of nitrogens with zero attached hydrogens (tertiary/aromatic N) is 1. The Kier molecular flexibility index (Phi) is 7.02. The van der Waals surface area contributed by atoms with Crippen LogP contribution in [0.1, 0.15) is 28.5 Å². The topological polar surface area (TPSA) is 115 Å². The second-order valence-electron chi connectivity index (χ2n) is 6.28. The summed E-state index contributed by atoms with van der Waals surface area (Å²) in [6, 6.07) is 6.54. The van der Waals surface area contributed by atoms with Gasteiger partial charge in [-0.3, -0.25) is 9.59 Å². The molecule has 0 aliphatic rings. The monoisotopic (exact) mass is 421 g/mol. The van der Waals surface area contributed by atoms with E-state index in [0.29, 0.717) is 0 Å². The Morgan fingerprint density at radius 1 is 1.33 bits per heavy atom. The van der Waals surface area contributed by atoms with Crippen molar-refractivity contribution in [1.29, 1.82) is 0 Å². The number of alkyl halides is 3. The van der Waals surface area contributed by atoms with Gasteiger partial charge < -0.3 is 20.9 Å². The molecule has 0 bridgehead atoms. The highest BCUT2D eigenvalue weighted by Crippen LogP contribution is 2.31. The van der Waals surface area contributed by atoms with Gasteiger partial charge in [0.2, 0.25) is 5.88 Å². The highest BCUT2D eigenvalue weighted by atomic mass is 19.4. The first kappa shape index (κ1) is 22.7. The van der Waals surface area contributed by atoms with E-state index in [0.717, 1.165) is 6.07 Å². The number of pyridine rings is 1. The van der Waals surface area contributed by atoms with Gasteiger partial charge in [0.05, 0.1) is 5.92 Å². The van der Waals surface area contributed by atoms with Crippen LogP contribution in [0.5, 0.6) is 11.6 Å². The molecule has 0 spiro atoms. The van der Waals surface area contributed by atoms with E-state index in [4.69, 9.17) is 22.0 Å². The van der Waals surface area contributed by atoms with Crippen molar-refractivity contribution >= 4 is 11.9 Å². The largest absolute Gasteiger partial charge is 0.481 e. The maximum Gasteiger partial charge on any atom is 0.433 e. The van der Waals surface area contributed by atoms with Crippen LogP contribution in [0.4, 0.5) is 13.2 Å². The summed E-state index contributed by atoms with van der Waals surface area (Å²) in [5.74, 6) is -0.977. The summed E-state index contributed by atoms with van der Waals surface area (Å²) in [6.45, 7) is 1.20. The third-order valence-corrected chi connectivity index (χ3v) is 4.06. The van der Waals surface area contributed by atoms with Crippen LogP contribution < -0.4 is 15.8 Å². The number of halogens is 3. The van der Waals surface area contributed by atoms with Crippen molar-refractivity contribution in [3.63, 3.8) is 0 Å². The Balaban J connectivity index is 2.25. The summed E-state index contributed by atoms with van der Waals surface area (Å²) in [6.07, 6.45) is 0.599. The summed E-state index contributed by atoms with van der Waals surface area (Å²) in [7, 11) is 0. The molecular weight excluding hydrogens is 403 g/mol. The van der Waals surface area contributed by atoms with Gasteiger partial charge in [0.1, 0.15) is 17.5 Å². The molecule has 2 unspecified atom stereocenters. The summed E-state index contributed by atoms with van der Waals surface area (Å²) >= 11 is 0. The molecular formula is C20H18F3N3O4. The minimum absolute atomic E-state index is 0.0426. The van der Waals surface area contributed by atoms with E-state index in [1.165, 1.54) is 37.3 Å². The zero-order valence-electron chi connectivity index (χ0n) is 15.7. The van der Waals surface area contributed by atoms with Crippen LogP contribution in [-0.2, 0) is 17.5 Å². The van der Waals surface area contributed by atoms with Crippen LogP contribution in [0.25, 0.3) is 0 Å². The number of aliphatic carboxylic acids is 1. The molecule has 2 atom stereocenters. The molecule has 2 aromatic rings. The Morgan fingerprint density at radius 2 is 2.03 bits per heavy atom. The number of hydrogen-bond acceptors (Lipinski definition) is 5. The van der Waals surface area contributed by atoms with E-state index >= 15 is 0 Å². The number of benzene rings is 1. The zero-order chi connectivity index (χ0) is 22.5. The van der Waals surface area contributed by atoms with Gasteiger partial charge >= 0.3 is 12.1 Å². The molecule has 30 heavy (non-hydrogen) atoms. The fourth-order valence-electron chi connectivity index (χ4n) is 2.37. The van der Waals surface area contributed by atoms with Crippen LogP contribution >= 0.6 is 0 Å². The molecule has 10 heteroatoms. The molecule has 2 rings (SSSR count). The highest BCUT2D eigenvalue weighted by molar-refractivity contribution is 5.95. The van der Waals surface area contributed by atoms with E-state index in [1.807, 2.05) is 0 Å². The number of carboxylic acid groups (broad SMARTS) is 1. The number of amides is 1. The van der Waals surface area contributed by atoms with Gasteiger partial charge in [0.25, 0.3) is 5.91 Å². The minimum atomic E-state index is -4.68. The second kappa shape index (κ2) is 9.28. The van der Waals surface area contributed by atoms with Crippen molar-refractivity contribution in [1.82, 2.24) is 10.3 Å². The maximum atomic E-state index is 13.0. The van der Waals surface area contributed by atoms with Crippen molar-refractivity contribution in [3.05, 3.63) is 53.2 Å². The second-order valence-corrected chi connectivity index (χ2v) is 6.28. The SMILES string of the molecule is C#CC(NC(=O)c1cccc(Oc2cc(CN)cc(C(F)(F)F)n2)c1)C(C)C(=O)O. The molecule has 1 amide bonds. The van der Waals surface area contributed by atoms with Crippen LogP contribution in [0.3, 0.4) is 0 Å². The first-order chi connectivity index (χ1) is 14.0.